The van der Waals surface area contributed by atoms with Crippen molar-refractivity contribution in [2.75, 3.05) is 5.32 Å². The molecule has 0 unspecified atom stereocenters. The lowest BCUT2D eigenvalue weighted by molar-refractivity contribution is 0.472. The van der Waals surface area contributed by atoms with Gasteiger partial charge < -0.3 is 10.4 Å². The smallest absolute Gasteiger partial charge is 0.164 e. The van der Waals surface area contributed by atoms with Crippen LogP contribution in [0.2, 0.25) is 0 Å². The summed E-state index contributed by atoms with van der Waals surface area (Å²) in [4.78, 5) is 0. The van der Waals surface area contributed by atoms with E-state index in [1.54, 1.807) is 6.07 Å². The molecule has 88 valence electrons. The van der Waals surface area contributed by atoms with Crippen LogP contribution in [-0.4, -0.2) is 5.11 Å². The third kappa shape index (κ3) is 2.57. The van der Waals surface area contributed by atoms with Gasteiger partial charge in [0.05, 0.1) is 4.47 Å². The van der Waals surface area contributed by atoms with Crippen LogP contribution < -0.4 is 5.32 Å². The fourth-order valence-corrected chi connectivity index (χ4v) is 1.40. The van der Waals surface area contributed by atoms with E-state index in [0.29, 0.717) is 0 Å². The second kappa shape index (κ2) is 5.67. The first-order chi connectivity index (χ1) is 8.54. The molecule has 5 nitrogen and oxygen atoms in total. The van der Waals surface area contributed by atoms with E-state index in [1.165, 1.54) is 24.3 Å². The Morgan fingerprint density at radius 3 is 2.33 bits per heavy atom. The number of halogens is 2. The molecule has 0 radical (unpaired) electrons. The molecule has 18 heavy (non-hydrogen) atoms. The Morgan fingerprint density at radius 2 is 1.83 bits per heavy atom. The molecule has 0 spiro atoms. The molecular weight excluding hydrogens is 303 g/mol. The maximum atomic E-state index is 13.7. The van der Waals surface area contributed by atoms with Gasteiger partial charge in [-0.2, -0.15) is 15.8 Å². The van der Waals surface area contributed by atoms with Crippen molar-refractivity contribution in [2.24, 2.45) is 0 Å². The van der Waals surface area contributed by atoms with E-state index in [2.05, 4.69) is 21.2 Å². The van der Waals surface area contributed by atoms with Crippen molar-refractivity contribution in [2.45, 2.75) is 0 Å². The number of hydrogen-bond donors (Lipinski definition) is 2. The molecule has 0 atom stereocenters. The van der Waals surface area contributed by atoms with Crippen molar-refractivity contribution in [1.29, 1.82) is 15.8 Å². The second-order valence-electron chi connectivity index (χ2n) is 2.97. The van der Waals surface area contributed by atoms with Crippen LogP contribution in [0, 0.1) is 39.8 Å². The van der Waals surface area contributed by atoms with E-state index in [0.717, 1.165) is 0 Å². The number of allylic oxidation sites excluding steroid dienone is 2. The van der Waals surface area contributed by atoms with E-state index in [1.807, 2.05) is 0 Å². The molecule has 1 aromatic carbocycles. The Labute approximate surface area is 110 Å². The molecule has 0 fully saturated rings. The average Bonchev–Trinajstić information content (AvgIpc) is 2.38. The first-order valence-corrected chi connectivity index (χ1v) is 5.23. The van der Waals surface area contributed by atoms with Gasteiger partial charge in [0.25, 0.3) is 0 Å². The fraction of sp³-hybridized carbons (Fsp3) is 0. The summed E-state index contributed by atoms with van der Waals surface area (Å²) >= 11 is 2.91. The minimum atomic E-state index is -0.835. The summed E-state index contributed by atoms with van der Waals surface area (Å²) in [6, 6.07) is 7.02. The van der Waals surface area contributed by atoms with Gasteiger partial charge >= 0.3 is 0 Å². The number of nitriles is 3. The van der Waals surface area contributed by atoms with Crippen molar-refractivity contribution < 1.29 is 9.50 Å². The molecular formula is C11H4BrFN4O. The zero-order valence-electron chi connectivity index (χ0n) is 8.70. The van der Waals surface area contributed by atoms with E-state index in [4.69, 9.17) is 15.8 Å². The summed E-state index contributed by atoms with van der Waals surface area (Å²) in [6.07, 6.45) is 0. The zero-order valence-corrected chi connectivity index (χ0v) is 10.3. The highest BCUT2D eigenvalue weighted by molar-refractivity contribution is 9.10. The number of hydrogen-bond acceptors (Lipinski definition) is 5. The first kappa shape index (κ1) is 13.5. The maximum absolute atomic E-state index is 13.7. The topological polar surface area (TPSA) is 104 Å². The molecule has 0 aliphatic carbocycles. The lowest BCUT2D eigenvalue weighted by Gasteiger charge is -2.09. The minimum Gasteiger partial charge on any atom is -0.506 e. The lowest BCUT2D eigenvalue weighted by Crippen LogP contribution is -2.03. The molecule has 1 rings (SSSR count). The predicted molar refractivity (Wildman–Crippen MR) is 63.3 cm³/mol. The normalized spacial score (nSPS) is 8.61. The number of benzene rings is 1. The Balaban J connectivity index is 3.34. The number of anilines is 1. The summed E-state index contributed by atoms with van der Waals surface area (Å²) < 4.78 is 13.7. The summed E-state index contributed by atoms with van der Waals surface area (Å²) in [6.45, 7) is 0. The molecule has 0 aliphatic heterocycles. The van der Waals surface area contributed by atoms with Crippen LogP contribution in [0.15, 0.2) is 27.9 Å². The highest BCUT2D eigenvalue weighted by atomic mass is 79.9. The first-order valence-electron chi connectivity index (χ1n) is 4.43. The summed E-state index contributed by atoms with van der Waals surface area (Å²) in [5.74, 6) is -1.28. The number of nitrogens with zero attached hydrogens (tertiary/aromatic N) is 3. The lowest BCUT2D eigenvalue weighted by atomic mass is 10.2. The second-order valence-corrected chi connectivity index (χ2v) is 3.82. The van der Waals surface area contributed by atoms with Gasteiger partial charge in [-0.15, -0.1) is 0 Å². The number of aromatic hydroxyl groups is 1. The Kier molecular flexibility index (Phi) is 4.26. The number of phenols is 1. The van der Waals surface area contributed by atoms with Crippen molar-refractivity contribution in [3.05, 3.63) is 33.7 Å². The maximum Gasteiger partial charge on any atom is 0.164 e. The number of phenolic OH excluding ortho intramolecular Hbond substituents is 1. The van der Waals surface area contributed by atoms with Crippen LogP contribution in [0.5, 0.6) is 5.75 Å². The van der Waals surface area contributed by atoms with Gasteiger partial charge in [0.1, 0.15) is 35.3 Å². The highest BCUT2D eigenvalue weighted by Crippen LogP contribution is 2.32. The standard InChI is InChI=1S/C11H4BrFN4O/c12-7-1-2-9(18)11(10(7)13)17-8(5-16)6(3-14)4-15/h1-2,17-18H. The van der Waals surface area contributed by atoms with E-state index in [9.17, 15) is 9.50 Å². The van der Waals surface area contributed by atoms with Gasteiger partial charge in [-0.05, 0) is 28.1 Å². The van der Waals surface area contributed by atoms with Gasteiger partial charge in [0, 0.05) is 0 Å². The minimum absolute atomic E-state index is 0.0653. The van der Waals surface area contributed by atoms with E-state index < -0.39 is 22.8 Å². The molecule has 0 amide bonds. The van der Waals surface area contributed by atoms with Crippen molar-refractivity contribution in [3.8, 4) is 24.0 Å². The summed E-state index contributed by atoms with van der Waals surface area (Å²) in [5, 5.41) is 37.7. The van der Waals surface area contributed by atoms with Crippen molar-refractivity contribution >= 4 is 21.6 Å². The molecule has 0 bridgehead atoms. The van der Waals surface area contributed by atoms with Crippen LogP contribution in [0.4, 0.5) is 10.1 Å². The molecule has 1 aromatic rings. The Morgan fingerprint density at radius 1 is 1.22 bits per heavy atom. The molecule has 7 heteroatoms. The zero-order chi connectivity index (χ0) is 13.7. The molecule has 0 saturated carbocycles. The van der Waals surface area contributed by atoms with E-state index in [-0.39, 0.29) is 10.2 Å². The van der Waals surface area contributed by atoms with Gasteiger partial charge in [-0.3, -0.25) is 0 Å². The monoisotopic (exact) mass is 306 g/mol. The van der Waals surface area contributed by atoms with Crippen LogP contribution >= 0.6 is 15.9 Å². The Hall–Kier alpha value is -2.56. The molecule has 0 aliphatic rings. The van der Waals surface area contributed by atoms with E-state index >= 15 is 0 Å². The molecule has 2 N–H and O–H groups in total. The van der Waals surface area contributed by atoms with Crippen molar-refractivity contribution in [3.63, 3.8) is 0 Å². The van der Waals surface area contributed by atoms with Crippen LogP contribution in [0.25, 0.3) is 0 Å². The third-order valence-electron chi connectivity index (χ3n) is 1.91. The average molecular weight is 307 g/mol. The molecule has 0 aromatic heterocycles. The highest BCUT2D eigenvalue weighted by Gasteiger charge is 2.15. The van der Waals surface area contributed by atoms with Crippen LogP contribution in [0.1, 0.15) is 0 Å². The molecule has 0 heterocycles. The largest absolute Gasteiger partial charge is 0.506 e. The van der Waals surface area contributed by atoms with Crippen LogP contribution in [-0.2, 0) is 0 Å². The predicted octanol–water partition coefficient (Wildman–Crippen LogP) is 2.53. The summed E-state index contributed by atoms with van der Waals surface area (Å²) in [7, 11) is 0. The van der Waals surface area contributed by atoms with Gasteiger partial charge in [-0.1, -0.05) is 0 Å². The molecule has 0 saturated heterocycles. The van der Waals surface area contributed by atoms with Gasteiger partial charge in [0.15, 0.2) is 11.4 Å². The van der Waals surface area contributed by atoms with Crippen molar-refractivity contribution in [1.82, 2.24) is 0 Å². The SMILES string of the molecule is N#CC(C#N)=C(C#N)Nc1c(O)ccc(Br)c1F. The Bertz CT molecular complexity index is 633. The number of rotatable bonds is 2. The van der Waals surface area contributed by atoms with Gasteiger partial charge in [0.2, 0.25) is 0 Å². The summed E-state index contributed by atoms with van der Waals surface area (Å²) in [5.41, 5.74) is -1.33. The fourth-order valence-electron chi connectivity index (χ4n) is 1.07. The third-order valence-corrected chi connectivity index (χ3v) is 2.52. The van der Waals surface area contributed by atoms with Gasteiger partial charge in [-0.25, -0.2) is 4.39 Å². The number of nitrogens with one attached hydrogen (secondary N) is 1. The van der Waals surface area contributed by atoms with Crippen LogP contribution in [0.3, 0.4) is 0 Å². The quantitative estimate of drug-likeness (QED) is 0.645.